The highest BCUT2D eigenvalue weighted by atomic mass is 16.3. The molecule has 72 valence electrons. The van der Waals surface area contributed by atoms with Crippen LogP contribution in [0.4, 0.5) is 5.95 Å². The molecule has 0 aliphatic carbocycles. The number of rotatable bonds is 1. The second-order valence-corrected chi connectivity index (χ2v) is 2.77. The van der Waals surface area contributed by atoms with Gasteiger partial charge in [-0.2, -0.15) is 0 Å². The molecule has 6 nitrogen and oxygen atoms in total. The van der Waals surface area contributed by atoms with E-state index >= 15 is 0 Å². The fraction of sp³-hybridized carbons (Fsp3) is 0. The van der Waals surface area contributed by atoms with Crippen LogP contribution >= 0.6 is 0 Å². The van der Waals surface area contributed by atoms with Gasteiger partial charge in [0.25, 0.3) is 0 Å². The van der Waals surface area contributed by atoms with Gasteiger partial charge in [-0.15, -0.1) is 10.2 Å². The third-order valence-electron chi connectivity index (χ3n) is 1.87. The van der Waals surface area contributed by atoms with E-state index in [0.717, 1.165) is 4.68 Å². The zero-order valence-electron chi connectivity index (χ0n) is 7.25. The Kier molecular flexibility index (Phi) is 1.74. The molecule has 1 heterocycles. The fourth-order valence-corrected chi connectivity index (χ4v) is 1.15. The van der Waals surface area contributed by atoms with Crippen molar-refractivity contribution < 1.29 is 5.11 Å². The van der Waals surface area contributed by atoms with Crippen LogP contribution in [0.25, 0.3) is 11.4 Å². The molecular weight excluding hydrogens is 182 g/mol. The first-order chi connectivity index (χ1) is 6.70. The number of nitrogens with zero attached hydrogens (tertiary/aromatic N) is 3. The van der Waals surface area contributed by atoms with Gasteiger partial charge in [-0.05, 0) is 12.1 Å². The molecule has 0 saturated heterocycles. The molecule has 14 heavy (non-hydrogen) atoms. The van der Waals surface area contributed by atoms with Crippen LogP contribution in [0.5, 0.6) is 5.75 Å². The van der Waals surface area contributed by atoms with Gasteiger partial charge in [0.2, 0.25) is 5.95 Å². The van der Waals surface area contributed by atoms with Gasteiger partial charge in [-0.25, -0.2) is 4.68 Å². The molecular formula is C8H9N5O. The van der Waals surface area contributed by atoms with Crippen molar-refractivity contribution in [2.24, 2.45) is 0 Å². The van der Waals surface area contributed by atoms with Crippen LogP contribution in [0.1, 0.15) is 0 Å². The number of hydrogen-bond donors (Lipinski definition) is 3. The lowest BCUT2D eigenvalue weighted by molar-refractivity contribution is 0.476. The Labute approximate surface area is 79.8 Å². The molecule has 0 amide bonds. The van der Waals surface area contributed by atoms with Crippen molar-refractivity contribution >= 4 is 5.95 Å². The molecule has 1 aromatic carbocycles. The molecule has 5 N–H and O–H groups in total. The first-order valence-electron chi connectivity index (χ1n) is 3.94. The second-order valence-electron chi connectivity index (χ2n) is 2.77. The van der Waals surface area contributed by atoms with Crippen molar-refractivity contribution in [1.82, 2.24) is 14.9 Å². The van der Waals surface area contributed by atoms with E-state index in [1.807, 2.05) is 0 Å². The lowest BCUT2D eigenvalue weighted by atomic mass is 10.2. The van der Waals surface area contributed by atoms with E-state index in [1.54, 1.807) is 24.3 Å². The lowest BCUT2D eigenvalue weighted by Gasteiger charge is -2.02. The molecule has 0 radical (unpaired) electrons. The maximum Gasteiger partial charge on any atom is 0.241 e. The van der Waals surface area contributed by atoms with Crippen molar-refractivity contribution in [1.29, 1.82) is 0 Å². The summed E-state index contributed by atoms with van der Waals surface area (Å²) in [6.45, 7) is 0. The molecule has 0 unspecified atom stereocenters. The van der Waals surface area contributed by atoms with Gasteiger partial charge >= 0.3 is 0 Å². The second kappa shape index (κ2) is 2.91. The predicted molar refractivity (Wildman–Crippen MR) is 51.7 cm³/mol. The average Bonchev–Trinajstić information content (AvgIpc) is 2.49. The minimum Gasteiger partial charge on any atom is -0.507 e. The van der Waals surface area contributed by atoms with E-state index in [2.05, 4.69) is 10.2 Å². The Bertz CT molecular complexity index is 465. The molecule has 6 heteroatoms. The van der Waals surface area contributed by atoms with E-state index in [9.17, 15) is 5.11 Å². The number of aromatic nitrogens is 3. The van der Waals surface area contributed by atoms with E-state index in [0.29, 0.717) is 11.4 Å². The first kappa shape index (κ1) is 8.36. The molecule has 1 aromatic heterocycles. The third-order valence-corrected chi connectivity index (χ3v) is 1.87. The zero-order valence-corrected chi connectivity index (χ0v) is 7.25. The Morgan fingerprint density at radius 3 is 2.50 bits per heavy atom. The molecule has 0 spiro atoms. The van der Waals surface area contributed by atoms with Gasteiger partial charge in [0, 0.05) is 0 Å². The van der Waals surface area contributed by atoms with Gasteiger partial charge in [0.15, 0.2) is 5.82 Å². The zero-order chi connectivity index (χ0) is 10.1. The largest absolute Gasteiger partial charge is 0.507 e. The van der Waals surface area contributed by atoms with E-state index in [1.165, 1.54) is 0 Å². The van der Waals surface area contributed by atoms with Crippen molar-refractivity contribution in [3.63, 3.8) is 0 Å². The highest BCUT2D eigenvalue weighted by Gasteiger charge is 2.11. The maximum atomic E-state index is 9.52. The molecule has 0 atom stereocenters. The molecule has 0 fully saturated rings. The fourth-order valence-electron chi connectivity index (χ4n) is 1.15. The summed E-state index contributed by atoms with van der Waals surface area (Å²) in [6, 6.07) is 6.70. The summed E-state index contributed by atoms with van der Waals surface area (Å²) in [6.07, 6.45) is 0. The third kappa shape index (κ3) is 1.13. The molecule has 2 aromatic rings. The number of nitrogens with two attached hydrogens (primary N) is 2. The Balaban J connectivity index is 2.60. The summed E-state index contributed by atoms with van der Waals surface area (Å²) in [5, 5.41) is 16.9. The number of nitrogen functional groups attached to an aromatic ring is 2. The SMILES string of the molecule is Nc1nnc(-c2ccccc2O)n1N. The highest BCUT2D eigenvalue weighted by molar-refractivity contribution is 5.64. The monoisotopic (exact) mass is 191 g/mol. The lowest BCUT2D eigenvalue weighted by Crippen LogP contribution is -2.13. The number of benzene rings is 1. The van der Waals surface area contributed by atoms with Crippen molar-refractivity contribution in [2.45, 2.75) is 0 Å². The first-order valence-corrected chi connectivity index (χ1v) is 3.94. The van der Waals surface area contributed by atoms with E-state index < -0.39 is 0 Å². The van der Waals surface area contributed by atoms with Crippen molar-refractivity contribution in [3.05, 3.63) is 24.3 Å². The molecule has 2 rings (SSSR count). The Morgan fingerprint density at radius 1 is 1.21 bits per heavy atom. The standard InChI is InChI=1S/C8H9N5O/c9-8-12-11-7(13(8)10)5-3-1-2-4-6(5)14/h1-4,14H,10H2,(H2,9,12). The Hall–Kier alpha value is -2.24. The normalized spacial score (nSPS) is 10.3. The summed E-state index contributed by atoms with van der Waals surface area (Å²) < 4.78 is 1.12. The predicted octanol–water partition coefficient (Wildman–Crippen LogP) is -0.0533. The number of phenolic OH excluding ortho intramolecular Hbond substituents is 1. The van der Waals surface area contributed by atoms with Crippen LogP contribution in [0.3, 0.4) is 0 Å². The van der Waals surface area contributed by atoms with Gasteiger partial charge in [-0.1, -0.05) is 12.1 Å². The van der Waals surface area contributed by atoms with E-state index in [-0.39, 0.29) is 11.7 Å². The summed E-state index contributed by atoms with van der Waals surface area (Å²) in [7, 11) is 0. The van der Waals surface area contributed by atoms with Gasteiger partial charge < -0.3 is 16.7 Å². The van der Waals surface area contributed by atoms with Crippen LogP contribution in [-0.4, -0.2) is 20.0 Å². The van der Waals surface area contributed by atoms with Crippen LogP contribution in [-0.2, 0) is 0 Å². The number of anilines is 1. The minimum absolute atomic E-state index is 0.0894. The smallest absolute Gasteiger partial charge is 0.241 e. The van der Waals surface area contributed by atoms with Gasteiger partial charge in [0.05, 0.1) is 5.56 Å². The minimum atomic E-state index is 0.0894. The molecule has 0 aliphatic rings. The number of aromatic hydroxyl groups is 1. The van der Waals surface area contributed by atoms with Crippen LogP contribution < -0.4 is 11.6 Å². The Morgan fingerprint density at radius 2 is 1.93 bits per heavy atom. The summed E-state index contributed by atoms with van der Waals surface area (Å²) >= 11 is 0. The number of hydrogen-bond acceptors (Lipinski definition) is 5. The van der Waals surface area contributed by atoms with Crippen molar-refractivity contribution in [2.75, 3.05) is 11.6 Å². The molecule has 0 saturated carbocycles. The quantitative estimate of drug-likeness (QED) is 0.548. The van der Waals surface area contributed by atoms with Gasteiger partial charge in [-0.3, -0.25) is 0 Å². The number of para-hydroxylation sites is 1. The summed E-state index contributed by atoms with van der Waals surface area (Å²) in [4.78, 5) is 0. The average molecular weight is 191 g/mol. The van der Waals surface area contributed by atoms with Crippen LogP contribution in [0, 0.1) is 0 Å². The van der Waals surface area contributed by atoms with Crippen molar-refractivity contribution in [3.8, 4) is 17.1 Å². The maximum absolute atomic E-state index is 9.52. The highest BCUT2D eigenvalue weighted by Crippen LogP contribution is 2.26. The van der Waals surface area contributed by atoms with Crippen LogP contribution in [0.2, 0.25) is 0 Å². The van der Waals surface area contributed by atoms with Gasteiger partial charge in [0.1, 0.15) is 5.75 Å². The molecule has 0 aliphatic heterocycles. The number of phenols is 1. The molecule has 0 bridgehead atoms. The van der Waals surface area contributed by atoms with Crippen LogP contribution in [0.15, 0.2) is 24.3 Å². The summed E-state index contributed by atoms with van der Waals surface area (Å²) in [5.41, 5.74) is 5.91. The van der Waals surface area contributed by atoms with E-state index in [4.69, 9.17) is 11.6 Å². The topological polar surface area (TPSA) is 103 Å². The summed E-state index contributed by atoms with van der Waals surface area (Å²) in [5.74, 6) is 6.08.